The molecule has 0 bridgehead atoms. The van der Waals surface area contributed by atoms with Gasteiger partial charge in [-0.1, -0.05) is 32.4 Å². The topological polar surface area (TPSA) is 35.0 Å². The van der Waals surface area contributed by atoms with Crippen LogP contribution in [0.3, 0.4) is 0 Å². The highest BCUT2D eigenvalue weighted by Gasteiger charge is 2.31. The predicted molar refractivity (Wildman–Crippen MR) is 89.6 cm³/mol. The fourth-order valence-corrected chi connectivity index (χ4v) is 3.60. The van der Waals surface area contributed by atoms with Crippen molar-refractivity contribution in [1.29, 1.82) is 0 Å². The molecule has 0 spiro atoms. The van der Waals surface area contributed by atoms with Crippen molar-refractivity contribution in [2.24, 2.45) is 11.3 Å². The normalized spacial score (nSPS) is 23.3. The lowest BCUT2D eigenvalue weighted by Gasteiger charge is -2.36. The smallest absolute Gasteiger partial charge is 0.147 e. The van der Waals surface area contributed by atoms with Gasteiger partial charge in [-0.3, -0.25) is 0 Å². The van der Waals surface area contributed by atoms with Gasteiger partial charge in [-0.05, 0) is 52.9 Å². The Morgan fingerprint density at radius 3 is 2.33 bits per heavy atom. The third-order valence-electron chi connectivity index (χ3n) is 4.49. The molecule has 1 heterocycles. The van der Waals surface area contributed by atoms with E-state index >= 15 is 0 Å². The molecule has 1 aliphatic rings. The highest BCUT2D eigenvalue weighted by Crippen LogP contribution is 2.43. The molecule has 2 rings (SSSR count). The zero-order valence-electron chi connectivity index (χ0n) is 13.2. The van der Waals surface area contributed by atoms with Crippen LogP contribution >= 0.6 is 27.5 Å². The van der Waals surface area contributed by atoms with E-state index < -0.39 is 0 Å². The lowest BCUT2D eigenvalue weighted by atomic mass is 9.69. The summed E-state index contributed by atoms with van der Waals surface area (Å²) >= 11 is 9.66. The highest BCUT2D eigenvalue weighted by molar-refractivity contribution is 9.10. The van der Waals surface area contributed by atoms with Crippen molar-refractivity contribution >= 4 is 27.5 Å². The molecule has 0 saturated heterocycles. The molecule has 0 atom stereocenters. The summed E-state index contributed by atoms with van der Waals surface area (Å²) < 4.78 is 5.94. The molecule has 118 valence electrons. The number of nitrogens with zero attached hydrogens (tertiary/aromatic N) is 2. The minimum absolute atomic E-state index is 0.393. The van der Waals surface area contributed by atoms with E-state index in [1.807, 2.05) is 0 Å². The van der Waals surface area contributed by atoms with Gasteiger partial charge in [-0.15, -0.1) is 0 Å². The SMILES string of the molecule is COCc1nc(C2CCC(C(C)(C)C)CC2)nc(Cl)c1Br. The maximum Gasteiger partial charge on any atom is 0.147 e. The number of aromatic nitrogens is 2. The Bertz CT molecular complexity index is 494. The van der Waals surface area contributed by atoms with Gasteiger partial charge in [0, 0.05) is 13.0 Å². The Labute approximate surface area is 141 Å². The van der Waals surface area contributed by atoms with Crippen molar-refractivity contribution in [3.63, 3.8) is 0 Å². The summed E-state index contributed by atoms with van der Waals surface area (Å²) in [5, 5.41) is 0.491. The van der Waals surface area contributed by atoms with Gasteiger partial charge in [0.25, 0.3) is 0 Å². The Hall–Kier alpha value is -0.190. The monoisotopic (exact) mass is 374 g/mol. The zero-order valence-corrected chi connectivity index (χ0v) is 15.6. The van der Waals surface area contributed by atoms with E-state index in [1.165, 1.54) is 12.8 Å². The number of rotatable bonds is 3. The van der Waals surface area contributed by atoms with Gasteiger partial charge < -0.3 is 4.74 Å². The second-order valence-electron chi connectivity index (χ2n) is 6.98. The molecule has 0 aromatic carbocycles. The van der Waals surface area contributed by atoms with Crippen LogP contribution < -0.4 is 0 Å². The van der Waals surface area contributed by atoms with Gasteiger partial charge in [-0.2, -0.15) is 0 Å². The van der Waals surface area contributed by atoms with Crippen LogP contribution in [0, 0.1) is 11.3 Å². The van der Waals surface area contributed by atoms with E-state index in [4.69, 9.17) is 16.3 Å². The second kappa shape index (κ2) is 6.93. The van der Waals surface area contributed by atoms with Crippen molar-refractivity contribution in [3.05, 3.63) is 21.1 Å². The molecule has 1 aliphatic carbocycles. The molecule has 0 N–H and O–H groups in total. The van der Waals surface area contributed by atoms with Crippen LogP contribution in [0.4, 0.5) is 0 Å². The minimum Gasteiger partial charge on any atom is -0.378 e. The van der Waals surface area contributed by atoms with Crippen LogP contribution in [-0.2, 0) is 11.3 Å². The zero-order chi connectivity index (χ0) is 15.6. The standard InChI is InChI=1S/C16H24BrClN2O/c1-16(2,3)11-7-5-10(6-8-11)15-19-12(9-21-4)13(17)14(18)20-15/h10-11H,5-9H2,1-4H3. The molecule has 5 heteroatoms. The fraction of sp³-hybridized carbons (Fsp3) is 0.750. The molecule has 1 fully saturated rings. The average molecular weight is 376 g/mol. The summed E-state index contributed by atoms with van der Waals surface area (Å²) in [6.45, 7) is 7.46. The first-order valence-corrected chi connectivity index (χ1v) is 8.70. The number of hydrogen-bond acceptors (Lipinski definition) is 3. The number of ether oxygens (including phenoxy) is 1. The summed E-state index contributed by atoms with van der Waals surface area (Å²) in [6.07, 6.45) is 4.77. The molecule has 3 nitrogen and oxygen atoms in total. The van der Waals surface area contributed by atoms with Crippen molar-refractivity contribution < 1.29 is 4.74 Å². The quantitative estimate of drug-likeness (QED) is 0.667. The Morgan fingerprint density at radius 1 is 1.19 bits per heavy atom. The highest BCUT2D eigenvalue weighted by atomic mass is 79.9. The van der Waals surface area contributed by atoms with Gasteiger partial charge in [0.05, 0.1) is 16.8 Å². The molecule has 0 amide bonds. The third kappa shape index (κ3) is 4.17. The van der Waals surface area contributed by atoms with E-state index in [0.717, 1.165) is 34.8 Å². The van der Waals surface area contributed by atoms with E-state index in [2.05, 4.69) is 46.7 Å². The van der Waals surface area contributed by atoms with Crippen molar-refractivity contribution in [2.45, 2.75) is 59.0 Å². The first-order chi connectivity index (χ1) is 9.82. The van der Waals surface area contributed by atoms with E-state index in [0.29, 0.717) is 23.1 Å². The molecule has 1 aromatic rings. The molecule has 0 aliphatic heterocycles. The maximum absolute atomic E-state index is 6.22. The van der Waals surface area contributed by atoms with Crippen molar-refractivity contribution in [3.8, 4) is 0 Å². The molecule has 0 unspecified atom stereocenters. The van der Waals surface area contributed by atoms with Crippen LogP contribution in [-0.4, -0.2) is 17.1 Å². The summed E-state index contributed by atoms with van der Waals surface area (Å²) in [5.41, 5.74) is 1.23. The molecule has 1 aromatic heterocycles. The second-order valence-corrected chi connectivity index (χ2v) is 8.13. The van der Waals surface area contributed by atoms with E-state index in [1.54, 1.807) is 7.11 Å². The van der Waals surface area contributed by atoms with Gasteiger partial charge in [0.1, 0.15) is 11.0 Å². The first-order valence-electron chi connectivity index (χ1n) is 7.53. The van der Waals surface area contributed by atoms with Gasteiger partial charge in [0.15, 0.2) is 0 Å². The van der Waals surface area contributed by atoms with Crippen LogP contribution in [0.1, 0.15) is 63.9 Å². The fourth-order valence-electron chi connectivity index (χ4n) is 3.11. The summed E-state index contributed by atoms with van der Waals surface area (Å²) in [7, 11) is 1.66. The lowest BCUT2D eigenvalue weighted by Crippen LogP contribution is -2.26. The van der Waals surface area contributed by atoms with Crippen LogP contribution in [0.25, 0.3) is 0 Å². The summed E-state index contributed by atoms with van der Waals surface area (Å²) in [6, 6.07) is 0. The molecular formula is C16H24BrClN2O. The van der Waals surface area contributed by atoms with Crippen LogP contribution in [0.2, 0.25) is 5.15 Å². The van der Waals surface area contributed by atoms with Gasteiger partial charge in [-0.25, -0.2) is 9.97 Å². The molecular weight excluding hydrogens is 352 g/mol. The van der Waals surface area contributed by atoms with Crippen LogP contribution in [0.15, 0.2) is 4.47 Å². The van der Waals surface area contributed by atoms with Crippen molar-refractivity contribution in [2.75, 3.05) is 7.11 Å². The Balaban J connectivity index is 2.13. The number of methoxy groups -OCH3 is 1. The Kier molecular flexibility index (Phi) is 5.66. The Morgan fingerprint density at radius 2 is 1.81 bits per heavy atom. The van der Waals surface area contributed by atoms with Gasteiger partial charge in [0.2, 0.25) is 0 Å². The first kappa shape index (κ1) is 17.2. The minimum atomic E-state index is 0.393. The van der Waals surface area contributed by atoms with E-state index in [9.17, 15) is 0 Å². The number of hydrogen-bond donors (Lipinski definition) is 0. The average Bonchev–Trinajstić information content (AvgIpc) is 2.43. The molecule has 21 heavy (non-hydrogen) atoms. The number of halogens is 2. The predicted octanol–water partition coefficient (Wildman–Crippen LogP) is 5.36. The summed E-state index contributed by atoms with van der Waals surface area (Å²) in [5.74, 6) is 2.09. The third-order valence-corrected chi connectivity index (χ3v) is 5.83. The largest absolute Gasteiger partial charge is 0.378 e. The molecule has 0 radical (unpaired) electrons. The lowest BCUT2D eigenvalue weighted by molar-refractivity contribution is 0.165. The maximum atomic E-state index is 6.22. The summed E-state index contributed by atoms with van der Waals surface area (Å²) in [4.78, 5) is 9.14. The van der Waals surface area contributed by atoms with E-state index in [-0.39, 0.29) is 0 Å². The molecule has 1 saturated carbocycles. The van der Waals surface area contributed by atoms with Gasteiger partial charge >= 0.3 is 0 Å². The van der Waals surface area contributed by atoms with Crippen LogP contribution in [0.5, 0.6) is 0 Å². The van der Waals surface area contributed by atoms with Crippen molar-refractivity contribution in [1.82, 2.24) is 9.97 Å².